The van der Waals surface area contributed by atoms with Gasteiger partial charge in [-0.3, -0.25) is 4.90 Å². The summed E-state index contributed by atoms with van der Waals surface area (Å²) in [7, 11) is 0. The fourth-order valence-electron chi connectivity index (χ4n) is 2.05. The van der Waals surface area contributed by atoms with Gasteiger partial charge >= 0.3 is 0 Å². The first-order valence-corrected chi connectivity index (χ1v) is 4.86. The maximum Gasteiger partial charge on any atom is 0.0678 e. The highest BCUT2D eigenvalue weighted by Crippen LogP contribution is 2.15. The molecule has 0 saturated carbocycles. The molecule has 2 heterocycles. The van der Waals surface area contributed by atoms with Crippen LogP contribution in [0.2, 0.25) is 0 Å². The largest absolute Gasteiger partial charge is 0.373 e. The van der Waals surface area contributed by atoms with Gasteiger partial charge in [-0.1, -0.05) is 0 Å². The van der Waals surface area contributed by atoms with Crippen molar-refractivity contribution in [1.82, 2.24) is 10.2 Å². The van der Waals surface area contributed by atoms with E-state index in [0.717, 1.165) is 19.1 Å². The average Bonchev–Trinajstić information content (AvgIpc) is 1.79. The second-order valence-corrected chi connectivity index (χ2v) is 4.02. The number of hydrogen-bond donors (Lipinski definition) is 1. The minimum absolute atomic E-state index is 0. The summed E-state index contributed by atoms with van der Waals surface area (Å²) in [5, 5.41) is 3.31. The maximum absolute atomic E-state index is 5.67. The molecule has 2 rings (SSSR count). The molecule has 0 aromatic rings. The monoisotopic (exact) mass is 206 g/mol. The molecule has 4 heteroatoms. The van der Waals surface area contributed by atoms with Gasteiger partial charge < -0.3 is 10.1 Å². The van der Waals surface area contributed by atoms with Crippen LogP contribution in [0.4, 0.5) is 0 Å². The summed E-state index contributed by atoms with van der Waals surface area (Å²) < 4.78 is 5.67. The van der Waals surface area contributed by atoms with Gasteiger partial charge in [0.25, 0.3) is 0 Å². The van der Waals surface area contributed by atoms with E-state index in [2.05, 4.69) is 24.1 Å². The van der Waals surface area contributed by atoms with Crippen LogP contribution in [-0.4, -0.2) is 49.3 Å². The van der Waals surface area contributed by atoms with Gasteiger partial charge in [0.15, 0.2) is 0 Å². The van der Waals surface area contributed by atoms with Crippen LogP contribution in [0, 0.1) is 0 Å². The van der Waals surface area contributed by atoms with Crippen molar-refractivity contribution in [3.63, 3.8) is 0 Å². The summed E-state index contributed by atoms with van der Waals surface area (Å²) >= 11 is 0. The van der Waals surface area contributed by atoms with Gasteiger partial charge in [-0.05, 0) is 13.8 Å². The van der Waals surface area contributed by atoms with Crippen LogP contribution in [0.1, 0.15) is 13.8 Å². The van der Waals surface area contributed by atoms with E-state index in [0.29, 0.717) is 12.2 Å². The molecule has 0 bridgehead atoms. The summed E-state index contributed by atoms with van der Waals surface area (Å²) in [6, 6.07) is 0.777. The number of morpholine rings is 1. The Bertz CT molecular complexity index is 154. The molecule has 0 spiro atoms. The van der Waals surface area contributed by atoms with Gasteiger partial charge in [0.1, 0.15) is 0 Å². The fraction of sp³-hybridized carbons (Fsp3) is 1.00. The first-order valence-electron chi connectivity index (χ1n) is 4.86. The van der Waals surface area contributed by atoms with Crippen LogP contribution in [0.15, 0.2) is 0 Å². The van der Waals surface area contributed by atoms with Crippen molar-refractivity contribution in [1.29, 1.82) is 0 Å². The SMILES string of the molecule is CC1CN(C2CNC2)CC(C)O1.Cl. The third kappa shape index (κ3) is 2.56. The number of halogens is 1. The van der Waals surface area contributed by atoms with Crippen molar-refractivity contribution in [3.05, 3.63) is 0 Å². The molecule has 0 radical (unpaired) electrons. The third-order valence-electron chi connectivity index (χ3n) is 2.72. The first kappa shape index (κ1) is 11.2. The van der Waals surface area contributed by atoms with Gasteiger partial charge in [-0.2, -0.15) is 0 Å². The second-order valence-electron chi connectivity index (χ2n) is 4.02. The molecule has 0 aliphatic carbocycles. The predicted octanol–water partition coefficient (Wildman–Crippen LogP) is 0.489. The molecular formula is C9H19ClN2O. The van der Waals surface area contributed by atoms with Crippen molar-refractivity contribution >= 4 is 12.4 Å². The molecule has 2 atom stereocenters. The summed E-state index contributed by atoms with van der Waals surface area (Å²) in [5.74, 6) is 0. The molecule has 1 N–H and O–H groups in total. The number of nitrogens with zero attached hydrogens (tertiary/aromatic N) is 1. The average molecular weight is 207 g/mol. The molecule has 2 aliphatic heterocycles. The number of ether oxygens (including phenoxy) is 1. The molecule has 0 aromatic carbocycles. The Morgan fingerprint density at radius 3 is 2.08 bits per heavy atom. The number of nitrogens with one attached hydrogen (secondary N) is 1. The molecule has 2 saturated heterocycles. The van der Waals surface area contributed by atoms with E-state index in [1.54, 1.807) is 0 Å². The minimum Gasteiger partial charge on any atom is -0.373 e. The Labute approximate surface area is 86.2 Å². The zero-order valence-corrected chi connectivity index (χ0v) is 9.14. The quantitative estimate of drug-likeness (QED) is 0.676. The summed E-state index contributed by atoms with van der Waals surface area (Å²) in [4.78, 5) is 2.55. The molecule has 13 heavy (non-hydrogen) atoms. The first-order chi connectivity index (χ1) is 5.75. The second kappa shape index (κ2) is 4.60. The van der Waals surface area contributed by atoms with E-state index in [1.807, 2.05) is 0 Å². The Hall–Kier alpha value is 0.170. The van der Waals surface area contributed by atoms with E-state index >= 15 is 0 Å². The van der Waals surface area contributed by atoms with Crippen molar-refractivity contribution in [2.24, 2.45) is 0 Å². The molecule has 0 aromatic heterocycles. The van der Waals surface area contributed by atoms with Crippen LogP contribution in [0.5, 0.6) is 0 Å². The normalized spacial score (nSPS) is 36.5. The summed E-state index contributed by atoms with van der Waals surface area (Å²) in [6.07, 6.45) is 0.823. The standard InChI is InChI=1S/C9H18N2O.ClH/c1-7-5-11(6-8(2)12-7)9-3-10-4-9;/h7-10H,3-6H2,1-2H3;1H. The van der Waals surface area contributed by atoms with Crippen molar-refractivity contribution in [2.45, 2.75) is 32.1 Å². The lowest BCUT2D eigenvalue weighted by atomic mass is 10.1. The number of rotatable bonds is 1. The summed E-state index contributed by atoms with van der Waals surface area (Å²) in [5.41, 5.74) is 0. The highest BCUT2D eigenvalue weighted by molar-refractivity contribution is 5.85. The van der Waals surface area contributed by atoms with Crippen LogP contribution in [0.25, 0.3) is 0 Å². The zero-order valence-electron chi connectivity index (χ0n) is 8.32. The van der Waals surface area contributed by atoms with E-state index in [4.69, 9.17) is 4.74 Å². The van der Waals surface area contributed by atoms with Crippen LogP contribution in [-0.2, 0) is 4.74 Å². The molecule has 0 amide bonds. The van der Waals surface area contributed by atoms with E-state index in [1.165, 1.54) is 13.1 Å². The zero-order chi connectivity index (χ0) is 8.55. The number of hydrogen-bond acceptors (Lipinski definition) is 3. The Balaban J connectivity index is 0.000000845. The van der Waals surface area contributed by atoms with Gasteiger partial charge in [0, 0.05) is 32.2 Å². The molecule has 2 unspecified atom stereocenters. The van der Waals surface area contributed by atoms with Gasteiger partial charge in [-0.25, -0.2) is 0 Å². The Kier molecular flexibility index (Phi) is 3.98. The lowest BCUT2D eigenvalue weighted by Crippen LogP contribution is -2.61. The van der Waals surface area contributed by atoms with E-state index in [-0.39, 0.29) is 12.4 Å². The smallest absolute Gasteiger partial charge is 0.0678 e. The van der Waals surface area contributed by atoms with Crippen LogP contribution >= 0.6 is 12.4 Å². The van der Waals surface area contributed by atoms with Crippen molar-refractivity contribution < 1.29 is 4.74 Å². The van der Waals surface area contributed by atoms with E-state index in [9.17, 15) is 0 Å². The van der Waals surface area contributed by atoms with Gasteiger partial charge in [-0.15, -0.1) is 12.4 Å². The third-order valence-corrected chi connectivity index (χ3v) is 2.72. The Morgan fingerprint density at radius 1 is 1.15 bits per heavy atom. The minimum atomic E-state index is 0. The molecule has 78 valence electrons. The molecular weight excluding hydrogens is 188 g/mol. The Morgan fingerprint density at radius 2 is 1.69 bits per heavy atom. The highest BCUT2D eigenvalue weighted by atomic mass is 35.5. The van der Waals surface area contributed by atoms with Gasteiger partial charge in [0.05, 0.1) is 12.2 Å². The van der Waals surface area contributed by atoms with Crippen molar-refractivity contribution in [2.75, 3.05) is 26.2 Å². The molecule has 3 nitrogen and oxygen atoms in total. The molecule has 2 aliphatic rings. The fourth-order valence-corrected chi connectivity index (χ4v) is 2.05. The lowest BCUT2D eigenvalue weighted by molar-refractivity contribution is -0.0857. The summed E-state index contributed by atoms with van der Waals surface area (Å²) in [6.45, 7) is 8.87. The molecule has 2 fully saturated rings. The van der Waals surface area contributed by atoms with Crippen LogP contribution in [0.3, 0.4) is 0 Å². The van der Waals surface area contributed by atoms with E-state index < -0.39 is 0 Å². The lowest BCUT2D eigenvalue weighted by Gasteiger charge is -2.44. The van der Waals surface area contributed by atoms with Gasteiger partial charge in [0.2, 0.25) is 0 Å². The topological polar surface area (TPSA) is 24.5 Å². The highest BCUT2D eigenvalue weighted by Gasteiger charge is 2.30. The maximum atomic E-state index is 5.67. The van der Waals surface area contributed by atoms with Crippen LogP contribution < -0.4 is 5.32 Å². The predicted molar refractivity (Wildman–Crippen MR) is 55.5 cm³/mol. The van der Waals surface area contributed by atoms with Crippen molar-refractivity contribution in [3.8, 4) is 0 Å².